The van der Waals surface area contributed by atoms with E-state index in [9.17, 15) is 8.42 Å². The maximum absolute atomic E-state index is 11.9. The predicted octanol–water partition coefficient (Wildman–Crippen LogP) is 2.37. The third-order valence-electron chi connectivity index (χ3n) is 2.81. The van der Waals surface area contributed by atoms with Gasteiger partial charge in [-0.05, 0) is 24.5 Å². The van der Waals surface area contributed by atoms with Crippen LogP contribution in [-0.4, -0.2) is 19.2 Å². The van der Waals surface area contributed by atoms with Crippen molar-refractivity contribution in [3.63, 3.8) is 0 Å². The summed E-state index contributed by atoms with van der Waals surface area (Å²) < 4.78 is 29.3. The SMILES string of the molecule is CC(C)CCS(=O)(=O)Cc1nc2ccc(N)cc2o1. The molecule has 0 amide bonds. The summed E-state index contributed by atoms with van der Waals surface area (Å²) >= 11 is 0. The summed E-state index contributed by atoms with van der Waals surface area (Å²) in [4.78, 5) is 4.16. The molecular weight excluding hydrogens is 264 g/mol. The summed E-state index contributed by atoms with van der Waals surface area (Å²) in [6, 6.07) is 5.08. The van der Waals surface area contributed by atoms with Gasteiger partial charge in [0, 0.05) is 11.8 Å². The number of benzene rings is 1. The molecule has 2 rings (SSSR count). The zero-order valence-corrected chi connectivity index (χ0v) is 11.9. The number of nitrogen functional groups attached to an aromatic ring is 1. The van der Waals surface area contributed by atoms with Crippen LogP contribution in [0.25, 0.3) is 11.1 Å². The van der Waals surface area contributed by atoms with Gasteiger partial charge in [0.2, 0.25) is 5.89 Å². The van der Waals surface area contributed by atoms with Crippen molar-refractivity contribution < 1.29 is 12.8 Å². The van der Waals surface area contributed by atoms with E-state index in [1.807, 2.05) is 13.8 Å². The summed E-state index contributed by atoms with van der Waals surface area (Å²) in [7, 11) is -3.17. The number of nitrogens with two attached hydrogens (primary N) is 1. The molecule has 0 aliphatic rings. The first-order chi connectivity index (χ1) is 8.85. The third kappa shape index (κ3) is 3.70. The Morgan fingerprint density at radius 1 is 1.37 bits per heavy atom. The summed E-state index contributed by atoms with van der Waals surface area (Å²) in [5.41, 5.74) is 7.35. The van der Waals surface area contributed by atoms with Gasteiger partial charge in [-0.25, -0.2) is 13.4 Å². The summed E-state index contributed by atoms with van der Waals surface area (Å²) in [5, 5.41) is 0. The molecule has 1 aromatic carbocycles. The lowest BCUT2D eigenvalue weighted by Crippen LogP contribution is -2.11. The van der Waals surface area contributed by atoms with Gasteiger partial charge in [-0.15, -0.1) is 0 Å². The Morgan fingerprint density at radius 3 is 2.79 bits per heavy atom. The molecule has 6 heteroatoms. The zero-order chi connectivity index (χ0) is 14.0. The van der Waals surface area contributed by atoms with E-state index in [-0.39, 0.29) is 17.4 Å². The van der Waals surface area contributed by atoms with Gasteiger partial charge in [-0.1, -0.05) is 13.8 Å². The fourth-order valence-electron chi connectivity index (χ4n) is 1.73. The van der Waals surface area contributed by atoms with Gasteiger partial charge in [0.1, 0.15) is 11.3 Å². The molecule has 0 saturated heterocycles. The topological polar surface area (TPSA) is 86.2 Å². The van der Waals surface area contributed by atoms with Crippen LogP contribution in [0, 0.1) is 5.92 Å². The lowest BCUT2D eigenvalue weighted by atomic mass is 10.2. The second-order valence-electron chi connectivity index (χ2n) is 5.11. The Morgan fingerprint density at radius 2 is 2.11 bits per heavy atom. The molecular formula is C13H18N2O3S. The van der Waals surface area contributed by atoms with Crippen LogP contribution in [0.4, 0.5) is 5.69 Å². The van der Waals surface area contributed by atoms with E-state index in [1.165, 1.54) is 0 Å². The molecule has 0 saturated carbocycles. The maximum Gasteiger partial charge on any atom is 0.210 e. The lowest BCUT2D eigenvalue weighted by molar-refractivity contribution is 0.535. The van der Waals surface area contributed by atoms with Crippen LogP contribution in [0.1, 0.15) is 26.2 Å². The van der Waals surface area contributed by atoms with Gasteiger partial charge in [0.05, 0.1) is 5.75 Å². The molecule has 19 heavy (non-hydrogen) atoms. The number of hydrogen-bond donors (Lipinski definition) is 1. The molecule has 1 heterocycles. The van der Waals surface area contributed by atoms with Crippen molar-refractivity contribution in [1.29, 1.82) is 0 Å². The van der Waals surface area contributed by atoms with Crippen molar-refractivity contribution >= 4 is 26.6 Å². The standard InChI is InChI=1S/C13H18N2O3S/c1-9(2)5-6-19(16,17)8-13-15-11-4-3-10(14)7-12(11)18-13/h3-4,7,9H,5-6,8,14H2,1-2H3. The summed E-state index contributed by atoms with van der Waals surface area (Å²) in [6.45, 7) is 4.00. The van der Waals surface area contributed by atoms with E-state index in [1.54, 1.807) is 18.2 Å². The van der Waals surface area contributed by atoms with Crippen LogP contribution in [-0.2, 0) is 15.6 Å². The van der Waals surface area contributed by atoms with E-state index >= 15 is 0 Å². The van der Waals surface area contributed by atoms with Gasteiger partial charge in [0.25, 0.3) is 0 Å². The molecule has 0 aliphatic carbocycles. The Labute approximate surface area is 112 Å². The van der Waals surface area contributed by atoms with Gasteiger partial charge < -0.3 is 10.2 Å². The average Bonchev–Trinajstić information content (AvgIpc) is 2.67. The molecule has 0 aliphatic heterocycles. The summed E-state index contributed by atoms with van der Waals surface area (Å²) in [5.74, 6) is 0.586. The monoisotopic (exact) mass is 282 g/mol. The van der Waals surface area contributed by atoms with E-state index in [0.717, 1.165) is 0 Å². The van der Waals surface area contributed by atoms with Crippen molar-refractivity contribution in [2.45, 2.75) is 26.0 Å². The molecule has 2 N–H and O–H groups in total. The van der Waals surface area contributed by atoms with Crippen molar-refractivity contribution in [2.24, 2.45) is 5.92 Å². The highest BCUT2D eigenvalue weighted by Gasteiger charge is 2.17. The normalized spacial score (nSPS) is 12.4. The van der Waals surface area contributed by atoms with Gasteiger partial charge in [-0.2, -0.15) is 0 Å². The highest BCUT2D eigenvalue weighted by Crippen LogP contribution is 2.20. The second-order valence-corrected chi connectivity index (χ2v) is 7.29. The number of sulfone groups is 1. The number of nitrogens with zero attached hydrogens (tertiary/aromatic N) is 1. The predicted molar refractivity (Wildman–Crippen MR) is 75.4 cm³/mol. The van der Waals surface area contributed by atoms with Crippen molar-refractivity contribution in [3.8, 4) is 0 Å². The molecule has 5 nitrogen and oxygen atoms in total. The Bertz CT molecular complexity index is 674. The van der Waals surface area contributed by atoms with Crippen molar-refractivity contribution in [2.75, 3.05) is 11.5 Å². The van der Waals surface area contributed by atoms with E-state index in [2.05, 4.69) is 4.98 Å². The average molecular weight is 282 g/mol. The first-order valence-electron chi connectivity index (χ1n) is 6.21. The number of oxazole rings is 1. The largest absolute Gasteiger partial charge is 0.440 e. The minimum Gasteiger partial charge on any atom is -0.440 e. The smallest absolute Gasteiger partial charge is 0.210 e. The van der Waals surface area contributed by atoms with Gasteiger partial charge in [-0.3, -0.25) is 0 Å². The van der Waals surface area contributed by atoms with Crippen LogP contribution < -0.4 is 5.73 Å². The molecule has 104 valence electrons. The Kier molecular flexibility index (Phi) is 3.80. The number of anilines is 1. The van der Waals surface area contributed by atoms with Crippen LogP contribution >= 0.6 is 0 Å². The number of rotatable bonds is 5. The van der Waals surface area contributed by atoms with Crippen molar-refractivity contribution in [3.05, 3.63) is 24.1 Å². The molecule has 0 spiro atoms. The summed E-state index contributed by atoms with van der Waals surface area (Å²) in [6.07, 6.45) is 0.648. The second kappa shape index (κ2) is 5.21. The highest BCUT2D eigenvalue weighted by atomic mass is 32.2. The third-order valence-corrected chi connectivity index (χ3v) is 4.35. The molecule has 0 unspecified atom stereocenters. The lowest BCUT2D eigenvalue weighted by Gasteiger charge is -2.04. The Hall–Kier alpha value is -1.56. The quantitative estimate of drug-likeness (QED) is 0.851. The van der Waals surface area contributed by atoms with E-state index in [0.29, 0.717) is 29.1 Å². The fourth-order valence-corrected chi connectivity index (χ4v) is 3.20. The fraction of sp³-hybridized carbons (Fsp3) is 0.462. The number of fused-ring (bicyclic) bond motifs is 1. The Balaban J connectivity index is 2.17. The first-order valence-corrected chi connectivity index (χ1v) is 8.03. The minimum absolute atomic E-state index is 0.158. The van der Waals surface area contributed by atoms with Gasteiger partial charge in [0.15, 0.2) is 15.4 Å². The van der Waals surface area contributed by atoms with Crippen LogP contribution in [0.2, 0.25) is 0 Å². The highest BCUT2D eigenvalue weighted by molar-refractivity contribution is 7.90. The first kappa shape index (κ1) is 13.9. The van der Waals surface area contributed by atoms with Crippen LogP contribution in [0.15, 0.2) is 22.6 Å². The molecule has 0 atom stereocenters. The van der Waals surface area contributed by atoms with Crippen LogP contribution in [0.3, 0.4) is 0 Å². The van der Waals surface area contributed by atoms with Gasteiger partial charge >= 0.3 is 0 Å². The number of hydrogen-bond acceptors (Lipinski definition) is 5. The van der Waals surface area contributed by atoms with Crippen molar-refractivity contribution in [1.82, 2.24) is 4.98 Å². The molecule has 0 radical (unpaired) electrons. The molecule has 0 fully saturated rings. The molecule has 1 aromatic heterocycles. The van der Waals surface area contributed by atoms with E-state index < -0.39 is 9.84 Å². The zero-order valence-electron chi connectivity index (χ0n) is 11.1. The van der Waals surface area contributed by atoms with E-state index in [4.69, 9.17) is 10.2 Å². The molecule has 2 aromatic rings. The van der Waals surface area contributed by atoms with Crippen LogP contribution in [0.5, 0.6) is 0 Å². The minimum atomic E-state index is -3.17. The number of aromatic nitrogens is 1. The molecule has 0 bridgehead atoms. The maximum atomic E-state index is 11.9.